The van der Waals surface area contributed by atoms with E-state index in [1.807, 2.05) is 0 Å². The Morgan fingerprint density at radius 2 is 2.12 bits per heavy atom. The maximum absolute atomic E-state index is 13.3. The van der Waals surface area contributed by atoms with Crippen LogP contribution in [-0.2, 0) is 21.5 Å². The Morgan fingerprint density at radius 1 is 1.36 bits per heavy atom. The third kappa shape index (κ3) is 4.43. The summed E-state index contributed by atoms with van der Waals surface area (Å²) >= 11 is 0. The summed E-state index contributed by atoms with van der Waals surface area (Å²) in [7, 11) is -1.90. The molecule has 9 heteroatoms. The van der Waals surface area contributed by atoms with Crippen LogP contribution in [0.1, 0.15) is 18.4 Å². The van der Waals surface area contributed by atoms with E-state index in [-0.39, 0.29) is 18.5 Å². The maximum Gasteiger partial charge on any atom is 0.279 e. The molecule has 0 unspecified atom stereocenters. The quantitative estimate of drug-likeness (QED) is 0.837. The second-order valence-electron chi connectivity index (χ2n) is 5.93. The smallest absolute Gasteiger partial charge is 0.279 e. The van der Waals surface area contributed by atoms with Gasteiger partial charge in [-0.05, 0) is 31.0 Å². The van der Waals surface area contributed by atoms with Crippen molar-refractivity contribution in [2.24, 2.45) is 0 Å². The number of aromatic nitrogens is 2. The van der Waals surface area contributed by atoms with Crippen LogP contribution in [0.15, 0.2) is 36.7 Å². The SMILES string of the molecule is COC1CCN(S(=O)(=O)NCc2cnn(-c3cccc(F)c3)c2)CC1. The molecule has 0 spiro atoms. The largest absolute Gasteiger partial charge is 0.381 e. The molecule has 136 valence electrons. The van der Waals surface area contributed by atoms with Crippen LogP contribution in [0.5, 0.6) is 0 Å². The molecule has 25 heavy (non-hydrogen) atoms. The minimum atomic E-state index is -3.54. The maximum atomic E-state index is 13.3. The van der Waals surface area contributed by atoms with Crippen LogP contribution in [0.4, 0.5) is 4.39 Å². The molecule has 7 nitrogen and oxygen atoms in total. The van der Waals surface area contributed by atoms with Gasteiger partial charge in [-0.15, -0.1) is 0 Å². The number of nitrogens with one attached hydrogen (secondary N) is 1. The van der Waals surface area contributed by atoms with Crippen molar-refractivity contribution in [2.75, 3.05) is 20.2 Å². The van der Waals surface area contributed by atoms with Crippen molar-refractivity contribution in [1.29, 1.82) is 0 Å². The van der Waals surface area contributed by atoms with Gasteiger partial charge < -0.3 is 4.74 Å². The molecule has 3 rings (SSSR count). The highest BCUT2D eigenvalue weighted by Gasteiger charge is 2.27. The average molecular weight is 368 g/mol. The first-order chi connectivity index (χ1) is 12.0. The Labute approximate surface area is 146 Å². The van der Waals surface area contributed by atoms with Gasteiger partial charge >= 0.3 is 0 Å². The molecule has 1 aliphatic heterocycles. The van der Waals surface area contributed by atoms with E-state index in [9.17, 15) is 12.8 Å². The molecule has 0 atom stereocenters. The van der Waals surface area contributed by atoms with Gasteiger partial charge in [-0.1, -0.05) is 6.07 Å². The highest BCUT2D eigenvalue weighted by atomic mass is 32.2. The van der Waals surface area contributed by atoms with Gasteiger partial charge in [-0.25, -0.2) is 9.07 Å². The zero-order valence-corrected chi connectivity index (χ0v) is 14.7. The van der Waals surface area contributed by atoms with Crippen LogP contribution in [0.3, 0.4) is 0 Å². The van der Waals surface area contributed by atoms with Crippen molar-refractivity contribution >= 4 is 10.2 Å². The molecule has 2 heterocycles. The fourth-order valence-corrected chi connectivity index (χ4v) is 4.01. The lowest BCUT2D eigenvalue weighted by molar-refractivity contribution is 0.0602. The fraction of sp³-hybridized carbons (Fsp3) is 0.438. The predicted molar refractivity (Wildman–Crippen MR) is 90.9 cm³/mol. The Kier molecular flexibility index (Phi) is 5.48. The summed E-state index contributed by atoms with van der Waals surface area (Å²) in [6.45, 7) is 1.01. The highest BCUT2D eigenvalue weighted by Crippen LogP contribution is 2.16. The van der Waals surface area contributed by atoms with Crippen LogP contribution in [0.2, 0.25) is 0 Å². The van der Waals surface area contributed by atoms with E-state index in [1.54, 1.807) is 31.6 Å². The molecule has 0 aliphatic carbocycles. The molecule has 1 aliphatic rings. The number of hydrogen-bond acceptors (Lipinski definition) is 4. The number of halogens is 1. The number of methoxy groups -OCH3 is 1. The van der Waals surface area contributed by atoms with Gasteiger partial charge in [0, 0.05) is 38.5 Å². The van der Waals surface area contributed by atoms with Crippen LogP contribution >= 0.6 is 0 Å². The molecular formula is C16H21FN4O3S. The van der Waals surface area contributed by atoms with E-state index < -0.39 is 10.2 Å². The van der Waals surface area contributed by atoms with E-state index in [4.69, 9.17) is 4.74 Å². The minimum Gasteiger partial charge on any atom is -0.381 e. The number of piperidine rings is 1. The molecule has 2 aromatic rings. The molecule has 1 fully saturated rings. The average Bonchev–Trinajstić information content (AvgIpc) is 3.09. The number of hydrogen-bond donors (Lipinski definition) is 1. The summed E-state index contributed by atoms with van der Waals surface area (Å²) in [5.74, 6) is -0.352. The summed E-state index contributed by atoms with van der Waals surface area (Å²) in [6, 6.07) is 6.04. The third-order valence-corrected chi connectivity index (χ3v) is 5.80. The van der Waals surface area contributed by atoms with Crippen molar-refractivity contribution in [3.05, 3.63) is 48.0 Å². The van der Waals surface area contributed by atoms with Crippen LogP contribution in [-0.4, -0.2) is 48.8 Å². The van der Waals surface area contributed by atoms with E-state index in [1.165, 1.54) is 21.1 Å². The second-order valence-corrected chi connectivity index (χ2v) is 7.69. The van der Waals surface area contributed by atoms with Gasteiger partial charge in [0.05, 0.1) is 18.0 Å². The van der Waals surface area contributed by atoms with Gasteiger partial charge in [-0.3, -0.25) is 0 Å². The van der Waals surface area contributed by atoms with Crippen molar-refractivity contribution in [1.82, 2.24) is 18.8 Å². The molecule has 0 saturated carbocycles. The molecule has 1 aromatic carbocycles. The molecule has 1 N–H and O–H groups in total. The number of rotatable bonds is 6. The third-order valence-electron chi connectivity index (χ3n) is 4.24. The number of benzene rings is 1. The Balaban J connectivity index is 1.60. The molecule has 1 aromatic heterocycles. The van der Waals surface area contributed by atoms with Crippen molar-refractivity contribution < 1.29 is 17.5 Å². The fourth-order valence-electron chi connectivity index (χ4n) is 2.79. The first-order valence-electron chi connectivity index (χ1n) is 8.05. The van der Waals surface area contributed by atoms with Gasteiger partial charge in [0.15, 0.2) is 0 Å². The van der Waals surface area contributed by atoms with Gasteiger partial charge in [0.25, 0.3) is 10.2 Å². The summed E-state index contributed by atoms with van der Waals surface area (Å²) in [4.78, 5) is 0. The first kappa shape index (κ1) is 18.0. The van der Waals surface area contributed by atoms with Gasteiger partial charge in [0.2, 0.25) is 0 Å². The lowest BCUT2D eigenvalue weighted by Crippen LogP contribution is -2.46. The monoisotopic (exact) mass is 368 g/mol. The molecule has 0 bridgehead atoms. The summed E-state index contributed by atoms with van der Waals surface area (Å²) in [6.07, 6.45) is 4.74. The lowest BCUT2D eigenvalue weighted by Gasteiger charge is -2.30. The number of nitrogens with zero attached hydrogens (tertiary/aromatic N) is 3. The van der Waals surface area contributed by atoms with Crippen molar-refractivity contribution in [2.45, 2.75) is 25.5 Å². The first-order valence-corrected chi connectivity index (χ1v) is 9.49. The number of ether oxygens (including phenoxy) is 1. The van der Waals surface area contributed by atoms with Crippen LogP contribution in [0, 0.1) is 5.82 Å². The second kappa shape index (κ2) is 7.61. The molecule has 0 radical (unpaired) electrons. The van der Waals surface area contributed by atoms with Gasteiger partial charge in [0.1, 0.15) is 5.82 Å². The molecule has 1 saturated heterocycles. The molecular weight excluding hydrogens is 347 g/mol. The minimum absolute atomic E-state index is 0.121. The van der Waals surface area contributed by atoms with Gasteiger partial charge in [-0.2, -0.15) is 22.5 Å². The Bertz CT molecular complexity index is 816. The van der Waals surface area contributed by atoms with Crippen LogP contribution in [0.25, 0.3) is 5.69 Å². The zero-order valence-electron chi connectivity index (χ0n) is 13.9. The zero-order chi connectivity index (χ0) is 17.9. The Morgan fingerprint density at radius 3 is 2.80 bits per heavy atom. The molecule has 0 amide bonds. The highest BCUT2D eigenvalue weighted by molar-refractivity contribution is 7.87. The predicted octanol–water partition coefficient (Wildman–Crippen LogP) is 1.46. The summed E-state index contributed by atoms with van der Waals surface area (Å²) in [5.41, 5.74) is 1.27. The van der Waals surface area contributed by atoms with E-state index in [0.717, 1.165) is 0 Å². The van der Waals surface area contributed by atoms with Crippen molar-refractivity contribution in [3.8, 4) is 5.69 Å². The van der Waals surface area contributed by atoms with Crippen LogP contribution < -0.4 is 4.72 Å². The lowest BCUT2D eigenvalue weighted by atomic mass is 10.1. The van der Waals surface area contributed by atoms with E-state index in [2.05, 4.69) is 9.82 Å². The standard InChI is InChI=1S/C16H21FN4O3S/c1-24-16-5-7-20(8-6-16)25(22,23)19-11-13-10-18-21(12-13)15-4-2-3-14(17)9-15/h2-4,9-10,12,16,19H,5-8,11H2,1H3. The Hall–Kier alpha value is -1.81. The summed E-state index contributed by atoms with van der Waals surface area (Å²) < 4.78 is 48.8. The van der Waals surface area contributed by atoms with Crippen molar-refractivity contribution in [3.63, 3.8) is 0 Å². The topological polar surface area (TPSA) is 76.5 Å². The van der Waals surface area contributed by atoms with E-state index >= 15 is 0 Å². The normalized spacial score (nSPS) is 17.0. The van der Waals surface area contributed by atoms with E-state index in [0.29, 0.717) is 37.2 Å². The summed E-state index contributed by atoms with van der Waals surface area (Å²) in [5, 5.41) is 4.15.